The molecule has 1 aromatic carbocycles. The van der Waals surface area contributed by atoms with E-state index in [9.17, 15) is 9.50 Å². The highest BCUT2D eigenvalue weighted by Crippen LogP contribution is 2.35. The lowest BCUT2D eigenvalue weighted by atomic mass is 9.86. The minimum atomic E-state index is -0.936. The second kappa shape index (κ2) is 5.41. The minimum Gasteiger partial charge on any atom is -0.385 e. The molecule has 0 saturated carbocycles. The Morgan fingerprint density at radius 2 is 1.88 bits per heavy atom. The number of ether oxygens (including phenoxy) is 1. The SMILES string of the molecule is CCC(CC)(OC)C(O)c1ccccc1F. The number of aliphatic hydroxyl groups excluding tert-OH is 1. The topological polar surface area (TPSA) is 29.5 Å². The van der Waals surface area contributed by atoms with E-state index in [1.807, 2.05) is 13.8 Å². The van der Waals surface area contributed by atoms with Crippen LogP contribution in [0.2, 0.25) is 0 Å². The van der Waals surface area contributed by atoms with E-state index in [4.69, 9.17) is 4.74 Å². The molecule has 3 heteroatoms. The van der Waals surface area contributed by atoms with Crippen molar-refractivity contribution in [3.05, 3.63) is 35.6 Å². The van der Waals surface area contributed by atoms with Crippen LogP contribution in [0.15, 0.2) is 24.3 Å². The van der Waals surface area contributed by atoms with E-state index in [0.717, 1.165) is 0 Å². The fourth-order valence-electron chi connectivity index (χ4n) is 2.02. The first-order valence-corrected chi connectivity index (χ1v) is 5.59. The van der Waals surface area contributed by atoms with E-state index >= 15 is 0 Å². The summed E-state index contributed by atoms with van der Waals surface area (Å²) >= 11 is 0. The highest BCUT2D eigenvalue weighted by molar-refractivity contribution is 5.22. The van der Waals surface area contributed by atoms with Crippen molar-refractivity contribution in [2.45, 2.75) is 38.4 Å². The van der Waals surface area contributed by atoms with Crippen LogP contribution in [0, 0.1) is 5.82 Å². The summed E-state index contributed by atoms with van der Waals surface area (Å²) in [5.41, 5.74) is -0.407. The Balaban J connectivity index is 3.08. The molecule has 1 aromatic rings. The van der Waals surface area contributed by atoms with Gasteiger partial charge in [-0.2, -0.15) is 0 Å². The number of aliphatic hydroxyl groups is 1. The Bertz CT molecular complexity index is 326. The number of hydrogen-bond acceptors (Lipinski definition) is 2. The van der Waals surface area contributed by atoms with Gasteiger partial charge in [-0.25, -0.2) is 4.39 Å². The van der Waals surface area contributed by atoms with Gasteiger partial charge in [0, 0.05) is 12.7 Å². The molecule has 1 N–H and O–H groups in total. The molecule has 0 fully saturated rings. The largest absolute Gasteiger partial charge is 0.385 e. The zero-order valence-corrected chi connectivity index (χ0v) is 10.0. The second-order valence-electron chi connectivity index (χ2n) is 3.90. The van der Waals surface area contributed by atoms with E-state index < -0.39 is 17.5 Å². The van der Waals surface area contributed by atoms with Crippen molar-refractivity contribution < 1.29 is 14.2 Å². The zero-order chi connectivity index (χ0) is 12.2. The molecule has 0 aliphatic carbocycles. The molecule has 1 unspecified atom stereocenters. The predicted octanol–water partition coefficient (Wildman–Crippen LogP) is 3.06. The molecule has 2 nitrogen and oxygen atoms in total. The van der Waals surface area contributed by atoms with Crippen LogP contribution in [0.3, 0.4) is 0 Å². The third-order valence-corrected chi connectivity index (χ3v) is 3.30. The van der Waals surface area contributed by atoms with Crippen LogP contribution in [0.4, 0.5) is 4.39 Å². The summed E-state index contributed by atoms with van der Waals surface area (Å²) < 4.78 is 19.0. The maximum Gasteiger partial charge on any atom is 0.129 e. The summed E-state index contributed by atoms with van der Waals surface area (Å²) in [6.45, 7) is 3.86. The average molecular weight is 226 g/mol. The predicted molar refractivity (Wildman–Crippen MR) is 61.7 cm³/mol. The number of methoxy groups -OCH3 is 1. The van der Waals surface area contributed by atoms with E-state index in [0.29, 0.717) is 18.4 Å². The van der Waals surface area contributed by atoms with Gasteiger partial charge in [0.25, 0.3) is 0 Å². The molecule has 0 aliphatic rings. The molecule has 1 rings (SSSR count). The van der Waals surface area contributed by atoms with Gasteiger partial charge in [-0.3, -0.25) is 0 Å². The van der Waals surface area contributed by atoms with Crippen molar-refractivity contribution in [2.75, 3.05) is 7.11 Å². The Morgan fingerprint density at radius 3 is 2.31 bits per heavy atom. The summed E-state index contributed by atoms with van der Waals surface area (Å²) in [4.78, 5) is 0. The fourth-order valence-corrected chi connectivity index (χ4v) is 2.02. The zero-order valence-electron chi connectivity index (χ0n) is 10.0. The molecule has 1 atom stereocenters. The molecular weight excluding hydrogens is 207 g/mol. The minimum absolute atomic E-state index is 0.299. The molecule has 0 bridgehead atoms. The van der Waals surface area contributed by atoms with Crippen LogP contribution in [-0.2, 0) is 4.74 Å². The third kappa shape index (κ3) is 2.25. The number of benzene rings is 1. The van der Waals surface area contributed by atoms with Crippen molar-refractivity contribution in [3.8, 4) is 0 Å². The van der Waals surface area contributed by atoms with Crippen molar-refractivity contribution in [3.63, 3.8) is 0 Å². The van der Waals surface area contributed by atoms with Crippen LogP contribution in [0.25, 0.3) is 0 Å². The molecular formula is C13H19FO2. The van der Waals surface area contributed by atoms with E-state index in [-0.39, 0.29) is 0 Å². The van der Waals surface area contributed by atoms with Gasteiger partial charge in [-0.15, -0.1) is 0 Å². The molecule has 0 radical (unpaired) electrons. The molecule has 0 amide bonds. The Hall–Kier alpha value is -0.930. The standard InChI is InChI=1S/C13H19FO2/c1-4-13(5-2,16-3)12(15)10-8-6-7-9-11(10)14/h6-9,12,15H,4-5H2,1-3H3. The number of hydrogen-bond donors (Lipinski definition) is 1. The van der Waals surface area contributed by atoms with Gasteiger partial charge in [-0.05, 0) is 18.9 Å². The van der Waals surface area contributed by atoms with Crippen molar-refractivity contribution in [1.29, 1.82) is 0 Å². The summed E-state index contributed by atoms with van der Waals surface area (Å²) in [6, 6.07) is 6.27. The van der Waals surface area contributed by atoms with E-state index in [1.54, 1.807) is 25.3 Å². The quantitative estimate of drug-likeness (QED) is 0.836. The first-order chi connectivity index (χ1) is 7.61. The Labute approximate surface area is 96.1 Å². The number of halogens is 1. The fraction of sp³-hybridized carbons (Fsp3) is 0.538. The van der Waals surface area contributed by atoms with Gasteiger partial charge >= 0.3 is 0 Å². The molecule has 0 spiro atoms. The van der Waals surface area contributed by atoms with Crippen molar-refractivity contribution in [2.24, 2.45) is 0 Å². The monoisotopic (exact) mass is 226 g/mol. The third-order valence-electron chi connectivity index (χ3n) is 3.30. The number of rotatable bonds is 5. The lowest BCUT2D eigenvalue weighted by molar-refractivity contribution is -0.111. The summed E-state index contributed by atoms with van der Waals surface area (Å²) in [6.07, 6.45) is 0.332. The Kier molecular flexibility index (Phi) is 4.44. The van der Waals surface area contributed by atoms with Crippen molar-refractivity contribution >= 4 is 0 Å². The van der Waals surface area contributed by atoms with Gasteiger partial charge in [0.1, 0.15) is 11.9 Å². The highest BCUT2D eigenvalue weighted by Gasteiger charge is 2.36. The van der Waals surface area contributed by atoms with Crippen LogP contribution in [0.1, 0.15) is 38.4 Å². The lowest BCUT2D eigenvalue weighted by Gasteiger charge is -2.35. The first-order valence-electron chi connectivity index (χ1n) is 5.59. The molecule has 90 valence electrons. The van der Waals surface area contributed by atoms with Gasteiger partial charge in [0.15, 0.2) is 0 Å². The molecule has 0 aliphatic heterocycles. The second-order valence-corrected chi connectivity index (χ2v) is 3.90. The summed E-state index contributed by atoms with van der Waals surface area (Å²) in [7, 11) is 1.55. The molecule has 0 aromatic heterocycles. The van der Waals surface area contributed by atoms with Gasteiger partial charge < -0.3 is 9.84 Å². The highest BCUT2D eigenvalue weighted by atomic mass is 19.1. The maximum absolute atomic E-state index is 13.6. The van der Waals surface area contributed by atoms with E-state index in [1.165, 1.54) is 6.07 Å². The lowest BCUT2D eigenvalue weighted by Crippen LogP contribution is -2.37. The van der Waals surface area contributed by atoms with Gasteiger partial charge in [0.05, 0.1) is 5.60 Å². The van der Waals surface area contributed by atoms with Crippen LogP contribution in [0.5, 0.6) is 0 Å². The van der Waals surface area contributed by atoms with Gasteiger partial charge in [-0.1, -0.05) is 32.0 Å². The van der Waals surface area contributed by atoms with Crippen LogP contribution >= 0.6 is 0 Å². The van der Waals surface area contributed by atoms with Crippen molar-refractivity contribution in [1.82, 2.24) is 0 Å². The molecule has 0 saturated heterocycles. The summed E-state index contributed by atoms with van der Waals surface area (Å²) in [5.74, 6) is -0.390. The van der Waals surface area contributed by atoms with Gasteiger partial charge in [0.2, 0.25) is 0 Å². The maximum atomic E-state index is 13.6. The smallest absolute Gasteiger partial charge is 0.129 e. The van der Waals surface area contributed by atoms with Crippen LogP contribution in [-0.4, -0.2) is 17.8 Å². The van der Waals surface area contributed by atoms with E-state index in [2.05, 4.69) is 0 Å². The first kappa shape index (κ1) is 13.1. The van der Waals surface area contributed by atoms with Crippen LogP contribution < -0.4 is 0 Å². The summed E-state index contributed by atoms with van der Waals surface area (Å²) in [5, 5.41) is 10.2. The molecule has 16 heavy (non-hydrogen) atoms. The normalized spacial score (nSPS) is 13.8. The molecule has 0 heterocycles. The average Bonchev–Trinajstić information content (AvgIpc) is 2.32. The Morgan fingerprint density at radius 1 is 1.31 bits per heavy atom.